The van der Waals surface area contributed by atoms with Gasteiger partial charge in [0.15, 0.2) is 0 Å². The third-order valence-electron chi connectivity index (χ3n) is 2.25. The van der Waals surface area contributed by atoms with Crippen molar-refractivity contribution in [1.29, 1.82) is 0 Å². The van der Waals surface area contributed by atoms with Gasteiger partial charge in [0.1, 0.15) is 0 Å². The van der Waals surface area contributed by atoms with Crippen molar-refractivity contribution in [3.8, 4) is 0 Å². The maximum Gasteiger partial charge on any atom is 0.0596 e. The van der Waals surface area contributed by atoms with Crippen LogP contribution in [0.2, 0.25) is 0 Å². The molecule has 0 bridgehead atoms. The summed E-state index contributed by atoms with van der Waals surface area (Å²) in [6, 6.07) is 0. The smallest absolute Gasteiger partial charge is 0.0596 e. The van der Waals surface area contributed by atoms with Gasteiger partial charge >= 0.3 is 0 Å². The summed E-state index contributed by atoms with van der Waals surface area (Å²) in [7, 11) is 1.83. The molecule has 1 nitrogen and oxygen atoms in total. The molecule has 0 fully saturated rings. The van der Waals surface area contributed by atoms with E-state index in [0.29, 0.717) is 6.10 Å². The lowest BCUT2D eigenvalue weighted by Crippen LogP contribution is -2.19. The third-order valence-corrected chi connectivity index (χ3v) is 2.25. The van der Waals surface area contributed by atoms with Gasteiger partial charge in [-0.15, -0.1) is 0 Å². The molecule has 0 amide bonds. The molecule has 0 aliphatic heterocycles. The molecule has 0 aliphatic rings. The molecule has 0 aromatic carbocycles. The van der Waals surface area contributed by atoms with Crippen molar-refractivity contribution in [2.45, 2.75) is 52.6 Å². The van der Waals surface area contributed by atoms with E-state index in [1.807, 2.05) is 7.11 Å². The predicted octanol–water partition coefficient (Wildman–Crippen LogP) is 3.24. The Morgan fingerprint density at radius 2 is 1.64 bits per heavy atom. The Balaban J connectivity index is 3.61. The van der Waals surface area contributed by atoms with Gasteiger partial charge in [-0.3, -0.25) is 0 Å². The molecular formula is C10H22O. The number of hydrogen-bond acceptors (Lipinski definition) is 1. The first-order valence-corrected chi connectivity index (χ1v) is 4.79. The van der Waals surface area contributed by atoms with Crippen molar-refractivity contribution < 1.29 is 4.74 Å². The molecular weight excluding hydrogens is 136 g/mol. The first-order valence-electron chi connectivity index (χ1n) is 4.79. The van der Waals surface area contributed by atoms with Crippen molar-refractivity contribution in [3.05, 3.63) is 0 Å². The molecule has 2 atom stereocenters. The van der Waals surface area contributed by atoms with Crippen LogP contribution in [0.4, 0.5) is 0 Å². The molecule has 0 saturated carbocycles. The molecule has 0 radical (unpaired) electrons. The zero-order valence-corrected chi connectivity index (χ0v) is 8.39. The van der Waals surface area contributed by atoms with E-state index in [-0.39, 0.29) is 0 Å². The van der Waals surface area contributed by atoms with E-state index in [1.54, 1.807) is 0 Å². The van der Waals surface area contributed by atoms with Gasteiger partial charge in [0.25, 0.3) is 0 Å². The van der Waals surface area contributed by atoms with E-state index >= 15 is 0 Å². The highest BCUT2D eigenvalue weighted by atomic mass is 16.5. The molecule has 2 unspecified atom stereocenters. The van der Waals surface area contributed by atoms with Gasteiger partial charge in [0.2, 0.25) is 0 Å². The Bertz CT molecular complexity index is 80.9. The van der Waals surface area contributed by atoms with Crippen LogP contribution in [0.25, 0.3) is 0 Å². The largest absolute Gasteiger partial charge is 0.381 e. The lowest BCUT2D eigenvalue weighted by atomic mass is 9.96. The SMILES string of the molecule is CCCC(C)C(CCC)OC. The average Bonchev–Trinajstić information content (AvgIpc) is 2.00. The maximum absolute atomic E-state index is 5.41. The molecule has 0 rings (SSSR count). The molecule has 0 spiro atoms. The highest BCUT2D eigenvalue weighted by Gasteiger charge is 2.13. The first-order chi connectivity index (χ1) is 5.26. The fraction of sp³-hybridized carbons (Fsp3) is 1.00. The molecule has 0 aliphatic carbocycles. The van der Waals surface area contributed by atoms with Crippen molar-refractivity contribution in [2.75, 3.05) is 7.11 Å². The van der Waals surface area contributed by atoms with E-state index in [0.717, 1.165) is 5.92 Å². The van der Waals surface area contributed by atoms with Gasteiger partial charge in [0.05, 0.1) is 6.10 Å². The Morgan fingerprint density at radius 1 is 1.09 bits per heavy atom. The molecule has 11 heavy (non-hydrogen) atoms. The Hall–Kier alpha value is -0.0400. The van der Waals surface area contributed by atoms with Crippen LogP contribution in [0.3, 0.4) is 0 Å². The average molecular weight is 158 g/mol. The van der Waals surface area contributed by atoms with Gasteiger partial charge in [-0.1, -0.05) is 33.6 Å². The second-order valence-corrected chi connectivity index (χ2v) is 3.33. The maximum atomic E-state index is 5.41. The molecule has 0 aromatic rings. The van der Waals surface area contributed by atoms with Crippen LogP contribution in [0.5, 0.6) is 0 Å². The van der Waals surface area contributed by atoms with Crippen molar-refractivity contribution >= 4 is 0 Å². The van der Waals surface area contributed by atoms with E-state index in [9.17, 15) is 0 Å². The fourth-order valence-electron chi connectivity index (χ4n) is 1.56. The monoisotopic (exact) mass is 158 g/mol. The molecule has 0 N–H and O–H groups in total. The fourth-order valence-corrected chi connectivity index (χ4v) is 1.56. The first kappa shape index (κ1) is 11.0. The summed E-state index contributed by atoms with van der Waals surface area (Å²) < 4.78 is 5.41. The normalized spacial score (nSPS) is 16.4. The molecule has 0 aromatic heterocycles. The van der Waals surface area contributed by atoms with Gasteiger partial charge in [-0.25, -0.2) is 0 Å². The zero-order chi connectivity index (χ0) is 8.69. The lowest BCUT2D eigenvalue weighted by molar-refractivity contribution is 0.0478. The zero-order valence-electron chi connectivity index (χ0n) is 8.39. The Labute approximate surface area is 71.1 Å². The van der Waals surface area contributed by atoms with Crippen LogP contribution in [-0.2, 0) is 4.74 Å². The summed E-state index contributed by atoms with van der Waals surface area (Å²) in [5.74, 6) is 0.727. The second kappa shape index (κ2) is 6.66. The van der Waals surface area contributed by atoms with Crippen LogP contribution < -0.4 is 0 Å². The summed E-state index contributed by atoms with van der Waals surface area (Å²) >= 11 is 0. The van der Waals surface area contributed by atoms with Gasteiger partial charge in [-0.05, 0) is 18.8 Å². The Kier molecular flexibility index (Phi) is 6.63. The summed E-state index contributed by atoms with van der Waals surface area (Å²) in [5.41, 5.74) is 0. The van der Waals surface area contributed by atoms with Crippen LogP contribution in [0.1, 0.15) is 46.5 Å². The van der Waals surface area contributed by atoms with Crippen LogP contribution in [0, 0.1) is 5.92 Å². The lowest BCUT2D eigenvalue weighted by Gasteiger charge is -2.21. The standard InChI is InChI=1S/C10H22O/c1-5-7-9(3)10(11-4)8-6-2/h9-10H,5-8H2,1-4H3. The Morgan fingerprint density at radius 3 is 2.00 bits per heavy atom. The van der Waals surface area contributed by atoms with E-state index in [4.69, 9.17) is 4.74 Å². The van der Waals surface area contributed by atoms with Crippen molar-refractivity contribution in [1.82, 2.24) is 0 Å². The number of hydrogen-bond donors (Lipinski definition) is 0. The van der Waals surface area contributed by atoms with E-state index in [2.05, 4.69) is 20.8 Å². The molecule has 1 heteroatoms. The van der Waals surface area contributed by atoms with Gasteiger partial charge in [-0.2, -0.15) is 0 Å². The predicted molar refractivity (Wildman–Crippen MR) is 49.8 cm³/mol. The summed E-state index contributed by atoms with van der Waals surface area (Å²) in [6.07, 6.45) is 5.48. The second-order valence-electron chi connectivity index (χ2n) is 3.33. The number of methoxy groups -OCH3 is 1. The molecule has 0 saturated heterocycles. The summed E-state index contributed by atoms with van der Waals surface area (Å²) in [4.78, 5) is 0. The van der Waals surface area contributed by atoms with Crippen molar-refractivity contribution in [3.63, 3.8) is 0 Å². The number of rotatable bonds is 6. The van der Waals surface area contributed by atoms with E-state index in [1.165, 1.54) is 25.7 Å². The van der Waals surface area contributed by atoms with Gasteiger partial charge in [0, 0.05) is 7.11 Å². The van der Waals surface area contributed by atoms with Crippen LogP contribution in [-0.4, -0.2) is 13.2 Å². The third kappa shape index (κ3) is 4.41. The summed E-state index contributed by atoms with van der Waals surface area (Å²) in [5, 5.41) is 0. The highest BCUT2D eigenvalue weighted by molar-refractivity contribution is 4.64. The minimum Gasteiger partial charge on any atom is -0.381 e. The topological polar surface area (TPSA) is 9.23 Å². The van der Waals surface area contributed by atoms with Crippen molar-refractivity contribution in [2.24, 2.45) is 5.92 Å². The molecule has 68 valence electrons. The summed E-state index contributed by atoms with van der Waals surface area (Å²) in [6.45, 7) is 6.73. The van der Waals surface area contributed by atoms with E-state index < -0.39 is 0 Å². The van der Waals surface area contributed by atoms with Crippen LogP contribution >= 0.6 is 0 Å². The number of ether oxygens (including phenoxy) is 1. The minimum atomic E-state index is 0.486. The molecule has 0 heterocycles. The van der Waals surface area contributed by atoms with Crippen LogP contribution in [0.15, 0.2) is 0 Å². The minimum absolute atomic E-state index is 0.486. The van der Waals surface area contributed by atoms with Gasteiger partial charge < -0.3 is 4.74 Å². The highest BCUT2D eigenvalue weighted by Crippen LogP contribution is 2.17. The quantitative estimate of drug-likeness (QED) is 0.576.